The number of benzene rings is 1. The average molecular weight is 290 g/mol. The molecule has 0 atom stereocenters. The Bertz CT molecular complexity index is 600. The molecule has 2 rings (SSSR count). The lowest BCUT2D eigenvalue weighted by Gasteiger charge is -2.13. The minimum Gasteiger partial charge on any atom is -0.492 e. The summed E-state index contributed by atoms with van der Waals surface area (Å²) in [5, 5.41) is 1.05. The van der Waals surface area contributed by atoms with Gasteiger partial charge in [-0.05, 0) is 39.2 Å². The first-order chi connectivity index (χ1) is 9.99. The number of hydrogen-bond donors (Lipinski definition) is 1. The average Bonchev–Trinajstić information content (AvgIpc) is 2.88. The van der Waals surface area contributed by atoms with Gasteiger partial charge in [0.05, 0.1) is 5.69 Å². The lowest BCUT2D eigenvalue weighted by atomic mass is 10.1. The SMILES string of the molecule is CC.CC(=O)c1cc2c(C)c(OCCN(C)C)ccc2[nH]1. The lowest BCUT2D eigenvalue weighted by molar-refractivity contribution is 0.101. The number of nitrogens with one attached hydrogen (secondary N) is 1. The first-order valence-corrected chi connectivity index (χ1v) is 7.40. The molecule has 0 aliphatic heterocycles. The van der Waals surface area contributed by atoms with E-state index in [1.54, 1.807) is 6.92 Å². The molecule has 4 nitrogen and oxygen atoms in total. The zero-order chi connectivity index (χ0) is 16.0. The van der Waals surface area contributed by atoms with Gasteiger partial charge >= 0.3 is 0 Å². The molecule has 0 saturated heterocycles. The minimum atomic E-state index is 0.0469. The van der Waals surface area contributed by atoms with Crippen molar-refractivity contribution in [3.8, 4) is 5.75 Å². The second-order valence-electron chi connectivity index (χ2n) is 5.04. The van der Waals surface area contributed by atoms with Gasteiger partial charge in [0, 0.05) is 29.9 Å². The Morgan fingerprint density at radius 2 is 1.95 bits per heavy atom. The summed E-state index contributed by atoms with van der Waals surface area (Å²) in [5.74, 6) is 0.925. The highest BCUT2D eigenvalue weighted by Crippen LogP contribution is 2.28. The number of likely N-dealkylation sites (N-methyl/N-ethyl adjacent to an activating group) is 1. The number of H-pyrrole nitrogens is 1. The van der Waals surface area contributed by atoms with E-state index >= 15 is 0 Å². The van der Waals surface area contributed by atoms with Gasteiger partial charge in [0.15, 0.2) is 5.78 Å². The normalized spacial score (nSPS) is 10.4. The van der Waals surface area contributed by atoms with Gasteiger partial charge in [0.1, 0.15) is 12.4 Å². The molecule has 1 aromatic carbocycles. The number of aromatic nitrogens is 1. The number of rotatable bonds is 5. The molecule has 0 aliphatic carbocycles. The minimum absolute atomic E-state index is 0.0469. The van der Waals surface area contributed by atoms with Gasteiger partial charge in [-0.2, -0.15) is 0 Å². The van der Waals surface area contributed by atoms with Crippen molar-refractivity contribution in [3.63, 3.8) is 0 Å². The van der Waals surface area contributed by atoms with Gasteiger partial charge in [-0.15, -0.1) is 0 Å². The smallest absolute Gasteiger partial charge is 0.175 e. The standard InChI is InChI=1S/C15H20N2O2.C2H6/c1-10-12-9-14(11(2)18)16-13(12)5-6-15(10)19-8-7-17(3)4;1-2/h5-6,9,16H,7-8H2,1-4H3;1-2H3. The van der Waals surface area contributed by atoms with Gasteiger partial charge in [-0.25, -0.2) is 0 Å². The van der Waals surface area contributed by atoms with E-state index in [1.165, 1.54) is 0 Å². The summed E-state index contributed by atoms with van der Waals surface area (Å²) >= 11 is 0. The molecule has 4 heteroatoms. The largest absolute Gasteiger partial charge is 0.492 e. The van der Waals surface area contributed by atoms with Crippen LogP contribution >= 0.6 is 0 Å². The summed E-state index contributed by atoms with van der Waals surface area (Å²) < 4.78 is 5.78. The van der Waals surface area contributed by atoms with Gasteiger partial charge in [0.2, 0.25) is 0 Å². The van der Waals surface area contributed by atoms with E-state index in [1.807, 2.05) is 53.1 Å². The highest BCUT2D eigenvalue weighted by molar-refractivity contribution is 5.99. The monoisotopic (exact) mass is 290 g/mol. The zero-order valence-corrected chi connectivity index (χ0v) is 13.9. The van der Waals surface area contributed by atoms with Gasteiger partial charge in [0.25, 0.3) is 0 Å². The van der Waals surface area contributed by atoms with Crippen molar-refractivity contribution < 1.29 is 9.53 Å². The number of aryl methyl sites for hydroxylation is 1. The predicted octanol–water partition coefficient (Wildman–Crippen LogP) is 3.65. The van der Waals surface area contributed by atoms with Gasteiger partial charge < -0.3 is 14.6 Å². The maximum absolute atomic E-state index is 11.4. The van der Waals surface area contributed by atoms with Crippen molar-refractivity contribution in [2.45, 2.75) is 27.7 Å². The van der Waals surface area contributed by atoms with Crippen LogP contribution in [-0.4, -0.2) is 42.9 Å². The third-order valence-electron chi connectivity index (χ3n) is 3.20. The summed E-state index contributed by atoms with van der Waals surface area (Å²) in [6.45, 7) is 9.12. The maximum atomic E-state index is 11.4. The van der Waals surface area contributed by atoms with Crippen molar-refractivity contribution >= 4 is 16.7 Å². The van der Waals surface area contributed by atoms with E-state index in [0.717, 1.165) is 28.8 Å². The Morgan fingerprint density at radius 1 is 1.29 bits per heavy atom. The first kappa shape index (κ1) is 17.2. The van der Waals surface area contributed by atoms with Crippen LogP contribution in [0.4, 0.5) is 0 Å². The zero-order valence-electron chi connectivity index (χ0n) is 13.9. The number of Topliss-reactive ketones (excluding diaryl/α,β-unsaturated/α-hetero) is 1. The number of nitrogens with zero attached hydrogens (tertiary/aromatic N) is 1. The topological polar surface area (TPSA) is 45.3 Å². The Hall–Kier alpha value is -1.81. The highest BCUT2D eigenvalue weighted by atomic mass is 16.5. The molecule has 0 bridgehead atoms. The summed E-state index contributed by atoms with van der Waals surface area (Å²) in [5.41, 5.74) is 2.69. The number of carbonyl (C=O) groups excluding carboxylic acids is 1. The molecular formula is C17H26N2O2. The summed E-state index contributed by atoms with van der Waals surface area (Å²) in [6.07, 6.45) is 0. The van der Waals surface area contributed by atoms with E-state index in [4.69, 9.17) is 4.74 Å². The van der Waals surface area contributed by atoms with Crippen molar-refractivity contribution in [2.24, 2.45) is 0 Å². The van der Waals surface area contributed by atoms with E-state index in [2.05, 4.69) is 9.88 Å². The molecule has 0 radical (unpaired) electrons. The molecule has 0 saturated carbocycles. The number of ketones is 1. The highest BCUT2D eigenvalue weighted by Gasteiger charge is 2.10. The Balaban J connectivity index is 0.00000106. The molecule has 116 valence electrons. The third kappa shape index (κ3) is 4.33. The van der Waals surface area contributed by atoms with Crippen molar-refractivity contribution in [3.05, 3.63) is 29.5 Å². The van der Waals surface area contributed by atoms with E-state index < -0.39 is 0 Å². The second-order valence-corrected chi connectivity index (χ2v) is 5.04. The molecule has 0 fully saturated rings. The number of carbonyl (C=O) groups is 1. The van der Waals surface area contributed by atoms with Crippen LogP contribution in [0.5, 0.6) is 5.75 Å². The van der Waals surface area contributed by atoms with Crippen molar-refractivity contribution in [2.75, 3.05) is 27.2 Å². The number of aromatic amines is 1. The summed E-state index contributed by atoms with van der Waals surface area (Å²) in [7, 11) is 4.04. The molecule has 0 amide bonds. The van der Waals surface area contributed by atoms with Crippen LogP contribution in [0.15, 0.2) is 18.2 Å². The third-order valence-corrected chi connectivity index (χ3v) is 3.20. The number of fused-ring (bicyclic) bond motifs is 1. The van der Waals surface area contributed by atoms with E-state index in [0.29, 0.717) is 12.3 Å². The molecule has 1 N–H and O–H groups in total. The van der Waals surface area contributed by atoms with E-state index in [-0.39, 0.29) is 5.78 Å². The van der Waals surface area contributed by atoms with Crippen LogP contribution in [0, 0.1) is 6.92 Å². The molecule has 0 spiro atoms. The lowest BCUT2D eigenvalue weighted by Crippen LogP contribution is -2.19. The van der Waals surface area contributed by atoms with Crippen LogP contribution in [0.2, 0.25) is 0 Å². The fourth-order valence-electron chi connectivity index (χ4n) is 2.01. The van der Waals surface area contributed by atoms with Crippen molar-refractivity contribution in [1.29, 1.82) is 0 Å². The molecule has 1 aromatic heterocycles. The Kier molecular flexibility index (Phi) is 6.43. The molecule has 2 aromatic rings. The van der Waals surface area contributed by atoms with Crippen molar-refractivity contribution in [1.82, 2.24) is 9.88 Å². The fraction of sp³-hybridized carbons (Fsp3) is 0.471. The molecule has 0 aliphatic rings. The van der Waals surface area contributed by atoms with Crippen LogP contribution in [0.1, 0.15) is 36.8 Å². The predicted molar refractivity (Wildman–Crippen MR) is 88.4 cm³/mol. The van der Waals surface area contributed by atoms with Crippen LogP contribution in [-0.2, 0) is 0 Å². The Labute approximate surface area is 127 Å². The quantitative estimate of drug-likeness (QED) is 0.855. The maximum Gasteiger partial charge on any atom is 0.175 e. The van der Waals surface area contributed by atoms with Crippen LogP contribution in [0.25, 0.3) is 10.9 Å². The van der Waals surface area contributed by atoms with Gasteiger partial charge in [-0.3, -0.25) is 4.79 Å². The van der Waals surface area contributed by atoms with Crippen LogP contribution in [0.3, 0.4) is 0 Å². The summed E-state index contributed by atoms with van der Waals surface area (Å²) in [4.78, 5) is 16.6. The van der Waals surface area contributed by atoms with Gasteiger partial charge in [-0.1, -0.05) is 13.8 Å². The van der Waals surface area contributed by atoms with Crippen LogP contribution < -0.4 is 4.74 Å². The molecular weight excluding hydrogens is 264 g/mol. The molecule has 1 heterocycles. The summed E-state index contributed by atoms with van der Waals surface area (Å²) in [6, 6.07) is 5.80. The number of ether oxygens (including phenoxy) is 1. The van der Waals surface area contributed by atoms with E-state index in [9.17, 15) is 4.79 Å². The molecule has 0 unspecified atom stereocenters. The molecule has 21 heavy (non-hydrogen) atoms. The first-order valence-electron chi connectivity index (χ1n) is 7.40. The number of hydrogen-bond acceptors (Lipinski definition) is 3. The second kappa shape index (κ2) is 7.84. The fourth-order valence-corrected chi connectivity index (χ4v) is 2.01. The Morgan fingerprint density at radius 3 is 2.52 bits per heavy atom.